The van der Waals surface area contributed by atoms with Crippen LogP contribution in [0.4, 0.5) is 4.79 Å². The molecule has 2 aromatic rings. The number of terminal acetylenes is 1. The first-order chi connectivity index (χ1) is 17.2. The highest BCUT2D eigenvalue weighted by Gasteiger charge is 2.25. The van der Waals surface area contributed by atoms with E-state index in [1.807, 2.05) is 30.3 Å². The normalized spacial score (nSPS) is 10.3. The lowest BCUT2D eigenvalue weighted by molar-refractivity contribution is -0.135. The third kappa shape index (κ3) is 9.04. The summed E-state index contributed by atoms with van der Waals surface area (Å²) >= 11 is 14.3. The number of hydrogen-bond acceptors (Lipinski definition) is 7. The molecule has 1 amide bonds. The monoisotopic (exact) mass is 592 g/mol. The minimum absolute atomic E-state index is 0.0661. The number of methoxy groups -OCH3 is 1. The summed E-state index contributed by atoms with van der Waals surface area (Å²) < 4.78 is 16.0. The van der Waals surface area contributed by atoms with Gasteiger partial charge in [-0.3, -0.25) is 5.32 Å². The van der Waals surface area contributed by atoms with Gasteiger partial charge in [0, 0.05) is 28.3 Å². The Labute approximate surface area is 230 Å². The zero-order valence-electron chi connectivity index (χ0n) is 20.0. The molecule has 36 heavy (non-hydrogen) atoms. The smallest absolute Gasteiger partial charge is 0.411 e. The van der Waals surface area contributed by atoms with Crippen molar-refractivity contribution in [3.05, 3.63) is 80.8 Å². The van der Waals surface area contributed by atoms with Crippen LogP contribution in [0.5, 0.6) is 0 Å². The summed E-state index contributed by atoms with van der Waals surface area (Å²) in [5.74, 6) is 1.83. The summed E-state index contributed by atoms with van der Waals surface area (Å²) in [7, 11) is 2.99. The quantitative estimate of drug-likeness (QED) is 0.127. The number of alkyl carbamates (subject to hydrolysis) is 1. The third-order valence-electron chi connectivity index (χ3n) is 4.37. The number of benzene rings is 2. The van der Waals surface area contributed by atoms with E-state index in [-0.39, 0.29) is 17.9 Å². The van der Waals surface area contributed by atoms with Gasteiger partial charge in [-0.15, -0.1) is 6.42 Å². The maximum Gasteiger partial charge on any atom is 0.411 e. The average Bonchev–Trinajstić information content (AvgIpc) is 2.88. The molecule has 0 radical (unpaired) electrons. The zero-order valence-corrected chi connectivity index (χ0v) is 23.2. The van der Waals surface area contributed by atoms with Crippen LogP contribution in [0.2, 0.25) is 5.02 Å². The number of thiocarbonyl (C=S) groups is 1. The van der Waals surface area contributed by atoms with E-state index in [2.05, 4.69) is 56.0 Å². The number of rotatable bonds is 9. The molecule has 0 aliphatic rings. The van der Waals surface area contributed by atoms with Crippen LogP contribution in [-0.4, -0.2) is 38.3 Å². The Morgan fingerprint density at radius 2 is 1.86 bits per heavy atom. The fraction of sp³-hybridized carbons (Fsp3) is 0.192. The Balaban J connectivity index is 0.000000697. The van der Waals surface area contributed by atoms with Crippen LogP contribution in [0.15, 0.2) is 59.1 Å². The van der Waals surface area contributed by atoms with Crippen LogP contribution in [0.3, 0.4) is 0 Å². The molecule has 2 N–H and O–H groups in total. The van der Waals surface area contributed by atoms with Crippen LogP contribution in [0.25, 0.3) is 11.5 Å². The lowest BCUT2D eigenvalue weighted by Crippen LogP contribution is -2.21. The first kappa shape index (κ1) is 30.7. The number of hydrogen-bond donors (Lipinski definition) is 2. The molecule has 2 aromatic carbocycles. The summed E-state index contributed by atoms with van der Waals surface area (Å²) in [6.45, 7) is 6.29. The number of carbonyl (C=O) groups excluding carboxylic acids is 2. The van der Waals surface area contributed by atoms with E-state index >= 15 is 0 Å². The van der Waals surface area contributed by atoms with Crippen molar-refractivity contribution >= 4 is 68.8 Å². The fourth-order valence-corrected chi connectivity index (χ4v) is 3.64. The number of halogens is 2. The van der Waals surface area contributed by atoms with Gasteiger partial charge in [0.1, 0.15) is 6.61 Å². The minimum atomic E-state index is -0.692. The Kier molecular flexibility index (Phi) is 14.0. The molecule has 190 valence electrons. The Morgan fingerprint density at radius 1 is 1.19 bits per heavy atom. The van der Waals surface area contributed by atoms with Gasteiger partial charge in [-0.25, -0.2) is 9.59 Å². The van der Waals surface area contributed by atoms with Gasteiger partial charge in [-0.05, 0) is 24.6 Å². The summed E-state index contributed by atoms with van der Waals surface area (Å²) in [4.78, 5) is 22.5. The molecule has 10 heteroatoms. The van der Waals surface area contributed by atoms with E-state index in [9.17, 15) is 9.59 Å². The van der Waals surface area contributed by atoms with Crippen LogP contribution in [-0.2, 0) is 25.6 Å². The molecule has 0 aromatic heterocycles. The van der Waals surface area contributed by atoms with Gasteiger partial charge in [-0.1, -0.05) is 82.6 Å². The third-order valence-corrected chi connectivity index (χ3v) is 5.47. The van der Waals surface area contributed by atoms with Crippen molar-refractivity contribution in [3.8, 4) is 12.3 Å². The van der Waals surface area contributed by atoms with Crippen LogP contribution in [0, 0.1) is 12.3 Å². The summed E-state index contributed by atoms with van der Waals surface area (Å²) in [5, 5.41) is 5.52. The number of ether oxygens (including phenoxy) is 3. The van der Waals surface area contributed by atoms with Gasteiger partial charge in [-0.2, -0.15) is 0 Å². The highest BCUT2D eigenvalue weighted by molar-refractivity contribution is 9.10. The highest BCUT2D eigenvalue weighted by atomic mass is 79.9. The molecule has 0 bridgehead atoms. The van der Waals surface area contributed by atoms with Crippen molar-refractivity contribution in [2.75, 3.05) is 20.8 Å². The largest absolute Gasteiger partial charge is 0.487 e. The van der Waals surface area contributed by atoms with Crippen LogP contribution >= 0.6 is 39.7 Å². The molecular formula is C26H26BrClN2O5S. The minimum Gasteiger partial charge on any atom is -0.487 e. The maximum atomic E-state index is 12.3. The molecule has 0 spiro atoms. The Morgan fingerprint density at radius 3 is 2.39 bits per heavy atom. The van der Waals surface area contributed by atoms with Crippen molar-refractivity contribution in [2.24, 2.45) is 0 Å². The number of amides is 1. The van der Waals surface area contributed by atoms with Gasteiger partial charge in [0.25, 0.3) is 0 Å². The van der Waals surface area contributed by atoms with E-state index in [1.54, 1.807) is 26.1 Å². The first-order valence-electron chi connectivity index (χ1n) is 10.4. The summed E-state index contributed by atoms with van der Waals surface area (Å²) in [5.41, 5.74) is 3.61. The predicted molar refractivity (Wildman–Crippen MR) is 150 cm³/mol. The molecule has 0 fully saturated rings. The maximum absolute atomic E-state index is 12.3. The topological polar surface area (TPSA) is 85.9 Å². The Hall–Kier alpha value is -3.32. The number of esters is 1. The molecule has 0 aliphatic carbocycles. The second-order valence-corrected chi connectivity index (χ2v) is 8.10. The second-order valence-electron chi connectivity index (χ2n) is 6.60. The van der Waals surface area contributed by atoms with Gasteiger partial charge in [0.2, 0.25) is 0 Å². The van der Waals surface area contributed by atoms with Crippen molar-refractivity contribution in [2.45, 2.75) is 13.5 Å². The average molecular weight is 594 g/mol. The standard InChI is InChI=1S/C22H19BrClNO3.C4H7NO2S/c1-5-16(22(26)27-4)21(28-13-15-9-7-6-8-10-15)20-18(24)12-11-17(23)19(20)14(2)25-3;1-2-7-4(6)5-3-8/h1,6-12,25H,2,13H2,3-4H3;3H,2H2,1H3,(H,5,6,8)/b21-16-;. The molecule has 0 heterocycles. The second kappa shape index (κ2) is 16.4. The lowest BCUT2D eigenvalue weighted by atomic mass is 10.00. The Bertz CT molecular complexity index is 1160. The van der Waals surface area contributed by atoms with Gasteiger partial charge in [0.15, 0.2) is 11.3 Å². The van der Waals surface area contributed by atoms with Crippen LogP contribution in [0.1, 0.15) is 23.6 Å². The van der Waals surface area contributed by atoms with Crippen LogP contribution < -0.4 is 10.6 Å². The fourth-order valence-electron chi connectivity index (χ4n) is 2.73. The zero-order chi connectivity index (χ0) is 27.1. The van der Waals surface area contributed by atoms with Crippen molar-refractivity contribution in [1.29, 1.82) is 0 Å². The van der Waals surface area contributed by atoms with Gasteiger partial charge >= 0.3 is 12.1 Å². The highest BCUT2D eigenvalue weighted by Crippen LogP contribution is 2.38. The lowest BCUT2D eigenvalue weighted by Gasteiger charge is -2.20. The molecule has 0 unspecified atom stereocenters. The van der Waals surface area contributed by atoms with E-state index in [0.29, 0.717) is 32.9 Å². The first-order valence-corrected chi connectivity index (χ1v) is 12.1. The van der Waals surface area contributed by atoms with Gasteiger partial charge in [0.05, 0.1) is 24.2 Å². The van der Waals surface area contributed by atoms with Crippen molar-refractivity contribution < 1.29 is 23.8 Å². The molecule has 0 atom stereocenters. The van der Waals surface area contributed by atoms with E-state index in [0.717, 1.165) is 11.1 Å². The molecule has 2 rings (SSSR count). The number of carbonyl (C=O) groups is 2. The SMILES string of the molecule is C#C/C(C(=O)OC)=C(/OCc1ccccc1)c1c(Cl)ccc(Br)c1C(=C)NC.CCOC(=O)NC=S. The van der Waals surface area contributed by atoms with E-state index in [1.165, 1.54) is 7.11 Å². The van der Waals surface area contributed by atoms with Crippen molar-refractivity contribution in [1.82, 2.24) is 10.6 Å². The van der Waals surface area contributed by atoms with Gasteiger partial charge < -0.3 is 19.5 Å². The summed E-state index contributed by atoms with van der Waals surface area (Å²) in [6, 6.07) is 13.0. The predicted octanol–water partition coefficient (Wildman–Crippen LogP) is 5.72. The molecule has 0 aliphatic heterocycles. The van der Waals surface area contributed by atoms with E-state index in [4.69, 9.17) is 27.5 Å². The molecular weight excluding hydrogens is 568 g/mol. The van der Waals surface area contributed by atoms with Crippen molar-refractivity contribution in [3.63, 3.8) is 0 Å². The summed E-state index contributed by atoms with van der Waals surface area (Å²) in [6.07, 6.45) is 5.12. The molecule has 0 saturated carbocycles. The molecule has 7 nitrogen and oxygen atoms in total. The number of nitrogens with one attached hydrogen (secondary N) is 2. The van der Waals surface area contributed by atoms with E-state index < -0.39 is 12.1 Å². The molecule has 0 saturated heterocycles.